The maximum Gasteiger partial charge on any atom is 0.303 e. The number of piperidine rings is 1. The second-order valence-electron chi connectivity index (χ2n) is 6.02. The van der Waals surface area contributed by atoms with Gasteiger partial charge in [0.25, 0.3) is 0 Å². The van der Waals surface area contributed by atoms with Crippen LogP contribution in [0.25, 0.3) is 0 Å². The third kappa shape index (κ3) is 8.02. The number of carboxylic acid groups (broad SMARTS) is 1. The highest BCUT2D eigenvalue weighted by atomic mass is 16.4. The van der Waals surface area contributed by atoms with Crippen LogP contribution in [0.5, 0.6) is 0 Å². The molecule has 6 heteroatoms. The molecular weight excluding hydrogens is 270 g/mol. The topological polar surface area (TPSA) is 81.7 Å². The van der Waals surface area contributed by atoms with Crippen LogP contribution < -0.4 is 10.6 Å². The fraction of sp³-hybridized carbons (Fsp3) is 0.867. The summed E-state index contributed by atoms with van der Waals surface area (Å²) in [5.74, 6) is -0.846. The SMILES string of the molecule is CC(C)N(CC(=O)NCCCC(=O)O)CC1CCCCN1. The smallest absolute Gasteiger partial charge is 0.303 e. The molecule has 0 aromatic heterocycles. The van der Waals surface area contributed by atoms with E-state index < -0.39 is 5.97 Å². The molecule has 1 rings (SSSR count). The Labute approximate surface area is 127 Å². The Morgan fingerprint density at radius 2 is 2.14 bits per heavy atom. The zero-order chi connectivity index (χ0) is 15.7. The van der Waals surface area contributed by atoms with Crippen LogP contribution in [0.3, 0.4) is 0 Å². The van der Waals surface area contributed by atoms with Crippen LogP contribution in [0.2, 0.25) is 0 Å². The molecule has 0 aliphatic carbocycles. The van der Waals surface area contributed by atoms with Gasteiger partial charge < -0.3 is 15.7 Å². The van der Waals surface area contributed by atoms with Crippen LogP contribution in [0, 0.1) is 0 Å². The summed E-state index contributed by atoms with van der Waals surface area (Å²) in [4.78, 5) is 24.5. The number of carbonyl (C=O) groups is 2. The van der Waals surface area contributed by atoms with Gasteiger partial charge in [-0.05, 0) is 39.7 Å². The number of hydrogen-bond donors (Lipinski definition) is 3. The largest absolute Gasteiger partial charge is 0.481 e. The zero-order valence-corrected chi connectivity index (χ0v) is 13.2. The Morgan fingerprint density at radius 1 is 1.38 bits per heavy atom. The van der Waals surface area contributed by atoms with Gasteiger partial charge in [0.2, 0.25) is 5.91 Å². The molecule has 0 bridgehead atoms. The fourth-order valence-corrected chi connectivity index (χ4v) is 2.53. The predicted molar refractivity (Wildman–Crippen MR) is 82.2 cm³/mol. The fourth-order valence-electron chi connectivity index (χ4n) is 2.53. The van der Waals surface area contributed by atoms with Gasteiger partial charge in [-0.3, -0.25) is 14.5 Å². The van der Waals surface area contributed by atoms with Crippen molar-refractivity contribution in [3.05, 3.63) is 0 Å². The van der Waals surface area contributed by atoms with Gasteiger partial charge in [0.1, 0.15) is 0 Å². The lowest BCUT2D eigenvalue weighted by Gasteiger charge is -2.32. The second-order valence-corrected chi connectivity index (χ2v) is 6.02. The lowest BCUT2D eigenvalue weighted by atomic mass is 10.0. The van der Waals surface area contributed by atoms with Gasteiger partial charge in [0.05, 0.1) is 6.54 Å². The highest BCUT2D eigenvalue weighted by Gasteiger charge is 2.20. The lowest BCUT2D eigenvalue weighted by molar-refractivity contribution is -0.137. The highest BCUT2D eigenvalue weighted by Crippen LogP contribution is 2.10. The second kappa shape index (κ2) is 9.73. The minimum absolute atomic E-state index is 0.0232. The molecule has 122 valence electrons. The molecular formula is C15H29N3O3. The van der Waals surface area contributed by atoms with Crippen molar-refractivity contribution < 1.29 is 14.7 Å². The quantitative estimate of drug-likeness (QED) is 0.549. The van der Waals surface area contributed by atoms with Gasteiger partial charge in [-0.15, -0.1) is 0 Å². The zero-order valence-electron chi connectivity index (χ0n) is 13.2. The summed E-state index contributed by atoms with van der Waals surface area (Å²) in [6.07, 6.45) is 4.24. The Bertz CT molecular complexity index is 328. The van der Waals surface area contributed by atoms with Crippen molar-refractivity contribution in [2.75, 3.05) is 26.2 Å². The van der Waals surface area contributed by atoms with E-state index in [9.17, 15) is 9.59 Å². The van der Waals surface area contributed by atoms with E-state index in [1.54, 1.807) is 0 Å². The summed E-state index contributed by atoms with van der Waals surface area (Å²) in [6.45, 7) is 6.96. The van der Waals surface area contributed by atoms with Crippen LogP contribution in [0.1, 0.15) is 46.0 Å². The first-order chi connectivity index (χ1) is 9.99. The van der Waals surface area contributed by atoms with E-state index in [1.165, 1.54) is 19.3 Å². The normalized spacial score (nSPS) is 19.0. The summed E-state index contributed by atoms with van der Waals surface area (Å²) in [6, 6.07) is 0.791. The summed E-state index contributed by atoms with van der Waals surface area (Å²) in [5.41, 5.74) is 0. The van der Waals surface area contributed by atoms with E-state index >= 15 is 0 Å². The van der Waals surface area contributed by atoms with Gasteiger partial charge in [0, 0.05) is 31.6 Å². The first-order valence-electron chi connectivity index (χ1n) is 7.95. The molecule has 1 aliphatic rings. The number of carbonyl (C=O) groups excluding carboxylic acids is 1. The number of nitrogens with one attached hydrogen (secondary N) is 2. The first kappa shape index (κ1) is 17.9. The highest BCUT2D eigenvalue weighted by molar-refractivity contribution is 5.78. The number of carboxylic acids is 1. The molecule has 1 unspecified atom stereocenters. The predicted octanol–water partition coefficient (Wildman–Crippen LogP) is 0.820. The molecule has 1 heterocycles. The van der Waals surface area contributed by atoms with Gasteiger partial charge in [-0.1, -0.05) is 6.42 Å². The minimum Gasteiger partial charge on any atom is -0.481 e. The first-order valence-corrected chi connectivity index (χ1v) is 7.95. The molecule has 0 radical (unpaired) electrons. The van der Waals surface area contributed by atoms with E-state index in [-0.39, 0.29) is 12.3 Å². The van der Waals surface area contributed by atoms with Crippen molar-refractivity contribution in [2.24, 2.45) is 0 Å². The van der Waals surface area contributed by atoms with Gasteiger partial charge in [0.15, 0.2) is 0 Å². The van der Waals surface area contributed by atoms with E-state index in [4.69, 9.17) is 5.11 Å². The Morgan fingerprint density at radius 3 is 2.71 bits per heavy atom. The molecule has 0 aromatic carbocycles. The van der Waals surface area contributed by atoms with Crippen molar-refractivity contribution in [1.82, 2.24) is 15.5 Å². The molecule has 1 aliphatic heterocycles. The van der Waals surface area contributed by atoms with Crippen molar-refractivity contribution in [2.45, 2.75) is 58.0 Å². The van der Waals surface area contributed by atoms with Gasteiger partial charge in [-0.25, -0.2) is 0 Å². The summed E-state index contributed by atoms with van der Waals surface area (Å²) in [7, 11) is 0. The average molecular weight is 299 g/mol. The van der Waals surface area contributed by atoms with E-state index in [2.05, 4.69) is 29.4 Å². The number of amides is 1. The average Bonchev–Trinajstić information content (AvgIpc) is 2.44. The molecule has 1 amide bonds. The molecule has 0 spiro atoms. The van der Waals surface area contributed by atoms with Crippen LogP contribution in [0.4, 0.5) is 0 Å². The monoisotopic (exact) mass is 299 g/mol. The maximum atomic E-state index is 11.9. The van der Waals surface area contributed by atoms with Crippen LogP contribution in [-0.4, -0.2) is 60.1 Å². The molecule has 0 aromatic rings. The van der Waals surface area contributed by atoms with Crippen LogP contribution in [-0.2, 0) is 9.59 Å². The van der Waals surface area contributed by atoms with Crippen LogP contribution >= 0.6 is 0 Å². The summed E-state index contributed by atoms with van der Waals surface area (Å²) >= 11 is 0. The van der Waals surface area contributed by atoms with E-state index in [0.29, 0.717) is 31.6 Å². The molecule has 1 fully saturated rings. The van der Waals surface area contributed by atoms with Crippen molar-refractivity contribution >= 4 is 11.9 Å². The summed E-state index contributed by atoms with van der Waals surface area (Å²) < 4.78 is 0. The lowest BCUT2D eigenvalue weighted by Crippen LogP contribution is -2.49. The third-order valence-electron chi connectivity index (χ3n) is 3.83. The molecule has 1 atom stereocenters. The number of rotatable bonds is 9. The molecule has 1 saturated heterocycles. The van der Waals surface area contributed by atoms with E-state index in [1.807, 2.05) is 0 Å². The van der Waals surface area contributed by atoms with Crippen molar-refractivity contribution in [1.29, 1.82) is 0 Å². The Hall–Kier alpha value is -1.14. The maximum absolute atomic E-state index is 11.9. The van der Waals surface area contributed by atoms with Gasteiger partial charge in [-0.2, -0.15) is 0 Å². The van der Waals surface area contributed by atoms with E-state index in [0.717, 1.165) is 13.1 Å². The molecule has 21 heavy (non-hydrogen) atoms. The van der Waals surface area contributed by atoms with Gasteiger partial charge >= 0.3 is 5.97 Å². The Kier molecular flexibility index (Phi) is 8.30. The van der Waals surface area contributed by atoms with Crippen molar-refractivity contribution in [3.8, 4) is 0 Å². The minimum atomic E-state index is -0.823. The van der Waals surface area contributed by atoms with Crippen molar-refractivity contribution in [3.63, 3.8) is 0 Å². The Balaban J connectivity index is 2.28. The molecule has 0 saturated carbocycles. The third-order valence-corrected chi connectivity index (χ3v) is 3.83. The number of hydrogen-bond acceptors (Lipinski definition) is 4. The van der Waals surface area contributed by atoms with Crippen LogP contribution in [0.15, 0.2) is 0 Å². The molecule has 3 N–H and O–H groups in total. The number of nitrogens with zero attached hydrogens (tertiary/aromatic N) is 1. The molecule has 6 nitrogen and oxygen atoms in total. The summed E-state index contributed by atoms with van der Waals surface area (Å²) in [5, 5.41) is 14.9. The number of aliphatic carboxylic acids is 1. The standard InChI is InChI=1S/C15H29N3O3/c1-12(2)18(10-13-6-3-4-8-16-13)11-14(19)17-9-5-7-15(20)21/h12-13,16H,3-11H2,1-2H3,(H,17,19)(H,20,21).